The summed E-state index contributed by atoms with van der Waals surface area (Å²) in [6.07, 6.45) is 5.71. The Labute approximate surface area is 109 Å². The van der Waals surface area contributed by atoms with Crippen LogP contribution in [-0.2, 0) is 9.59 Å². The molecular weight excluding hydrogens is 228 g/mol. The molecule has 4 nitrogen and oxygen atoms in total. The molecule has 0 aromatic rings. The maximum Gasteiger partial charge on any atom is 0.245 e. The van der Waals surface area contributed by atoms with E-state index >= 15 is 0 Å². The van der Waals surface area contributed by atoms with E-state index in [1.807, 2.05) is 18.7 Å². The quantitative estimate of drug-likeness (QED) is 0.813. The third kappa shape index (κ3) is 2.38. The number of carbonyl (C=O) groups is 2. The monoisotopic (exact) mass is 252 g/mol. The third-order valence-electron chi connectivity index (χ3n) is 4.15. The van der Waals surface area contributed by atoms with Crippen LogP contribution in [0.25, 0.3) is 0 Å². The van der Waals surface area contributed by atoms with E-state index in [4.69, 9.17) is 0 Å². The van der Waals surface area contributed by atoms with Gasteiger partial charge in [-0.15, -0.1) is 0 Å². The van der Waals surface area contributed by atoms with Gasteiger partial charge in [-0.3, -0.25) is 9.59 Å². The molecule has 0 spiro atoms. The maximum atomic E-state index is 12.4. The standard InChI is InChI=1S/C14H24N2O2/c1-9(2)12-13(17)15-10(3)14(18)16(12)11-7-5-4-6-8-11/h9-12H,4-8H2,1-3H3,(H,15,17). The molecule has 2 amide bonds. The van der Waals surface area contributed by atoms with Crippen molar-refractivity contribution in [1.82, 2.24) is 10.2 Å². The van der Waals surface area contributed by atoms with Crippen molar-refractivity contribution in [2.45, 2.75) is 71.0 Å². The number of hydrogen-bond acceptors (Lipinski definition) is 2. The highest BCUT2D eigenvalue weighted by molar-refractivity contribution is 5.97. The Bertz CT molecular complexity index is 335. The highest BCUT2D eigenvalue weighted by atomic mass is 16.2. The summed E-state index contributed by atoms with van der Waals surface area (Å²) in [4.78, 5) is 26.4. The van der Waals surface area contributed by atoms with Gasteiger partial charge in [0.2, 0.25) is 11.8 Å². The van der Waals surface area contributed by atoms with Crippen molar-refractivity contribution in [3.63, 3.8) is 0 Å². The van der Waals surface area contributed by atoms with Crippen LogP contribution in [0, 0.1) is 5.92 Å². The first-order chi connectivity index (χ1) is 8.52. The first-order valence-electron chi connectivity index (χ1n) is 7.15. The van der Waals surface area contributed by atoms with Crippen LogP contribution in [0.5, 0.6) is 0 Å². The zero-order chi connectivity index (χ0) is 13.3. The van der Waals surface area contributed by atoms with Crippen molar-refractivity contribution in [3.05, 3.63) is 0 Å². The van der Waals surface area contributed by atoms with E-state index in [2.05, 4.69) is 5.32 Å². The van der Waals surface area contributed by atoms with Gasteiger partial charge in [0.25, 0.3) is 0 Å². The smallest absolute Gasteiger partial charge is 0.245 e. The lowest BCUT2D eigenvalue weighted by Gasteiger charge is -2.45. The van der Waals surface area contributed by atoms with Gasteiger partial charge in [0.15, 0.2) is 0 Å². The van der Waals surface area contributed by atoms with Gasteiger partial charge in [0.05, 0.1) is 0 Å². The van der Waals surface area contributed by atoms with E-state index in [0.717, 1.165) is 12.8 Å². The van der Waals surface area contributed by atoms with E-state index < -0.39 is 0 Å². The van der Waals surface area contributed by atoms with Crippen molar-refractivity contribution in [3.8, 4) is 0 Å². The topological polar surface area (TPSA) is 49.4 Å². The summed E-state index contributed by atoms with van der Waals surface area (Å²) in [5.41, 5.74) is 0. The van der Waals surface area contributed by atoms with E-state index in [-0.39, 0.29) is 35.9 Å². The minimum atomic E-state index is -0.366. The van der Waals surface area contributed by atoms with Gasteiger partial charge < -0.3 is 10.2 Å². The largest absolute Gasteiger partial charge is 0.343 e. The van der Waals surface area contributed by atoms with Gasteiger partial charge in [-0.2, -0.15) is 0 Å². The molecule has 1 aliphatic heterocycles. The predicted molar refractivity (Wildman–Crippen MR) is 69.9 cm³/mol. The van der Waals surface area contributed by atoms with Gasteiger partial charge in [-0.25, -0.2) is 0 Å². The summed E-state index contributed by atoms with van der Waals surface area (Å²) in [6, 6.07) is -0.377. The van der Waals surface area contributed by atoms with E-state index in [1.165, 1.54) is 19.3 Å². The van der Waals surface area contributed by atoms with E-state index in [0.29, 0.717) is 0 Å². The minimum absolute atomic E-state index is 0.0164. The van der Waals surface area contributed by atoms with Gasteiger partial charge in [-0.1, -0.05) is 33.1 Å². The van der Waals surface area contributed by atoms with Crippen LogP contribution in [0.2, 0.25) is 0 Å². The normalized spacial score (nSPS) is 30.8. The molecule has 2 unspecified atom stereocenters. The van der Waals surface area contributed by atoms with E-state index in [9.17, 15) is 9.59 Å². The summed E-state index contributed by atoms with van der Waals surface area (Å²) in [7, 11) is 0. The van der Waals surface area contributed by atoms with Crippen LogP contribution in [-0.4, -0.2) is 34.8 Å². The van der Waals surface area contributed by atoms with Gasteiger partial charge in [0, 0.05) is 6.04 Å². The molecule has 1 heterocycles. The fourth-order valence-electron chi connectivity index (χ4n) is 3.24. The SMILES string of the molecule is CC1NC(=O)C(C(C)C)N(C2CCCCC2)C1=O. The average Bonchev–Trinajstić information content (AvgIpc) is 2.34. The van der Waals surface area contributed by atoms with Gasteiger partial charge >= 0.3 is 0 Å². The zero-order valence-corrected chi connectivity index (χ0v) is 11.6. The Kier molecular flexibility index (Phi) is 3.93. The first-order valence-corrected chi connectivity index (χ1v) is 7.15. The Hall–Kier alpha value is -1.06. The first kappa shape index (κ1) is 13.4. The number of carbonyl (C=O) groups excluding carboxylic acids is 2. The highest BCUT2D eigenvalue weighted by Crippen LogP contribution is 2.28. The second-order valence-corrected chi connectivity index (χ2v) is 5.96. The zero-order valence-electron chi connectivity index (χ0n) is 11.6. The van der Waals surface area contributed by atoms with Gasteiger partial charge in [0.1, 0.15) is 12.1 Å². The Balaban J connectivity index is 2.24. The predicted octanol–water partition coefficient (Wildman–Crippen LogP) is 1.69. The molecule has 2 atom stereocenters. The van der Waals surface area contributed by atoms with Gasteiger partial charge in [-0.05, 0) is 25.7 Å². The summed E-state index contributed by atoms with van der Waals surface area (Å²) in [5.74, 6) is 0.284. The van der Waals surface area contributed by atoms with E-state index in [1.54, 1.807) is 6.92 Å². The van der Waals surface area contributed by atoms with Crippen LogP contribution in [0.1, 0.15) is 52.9 Å². The number of rotatable bonds is 2. The molecule has 2 aliphatic rings. The molecule has 0 radical (unpaired) electrons. The fraction of sp³-hybridized carbons (Fsp3) is 0.857. The summed E-state index contributed by atoms with van der Waals surface area (Å²) in [6.45, 7) is 5.82. The molecule has 1 N–H and O–H groups in total. The molecule has 2 rings (SSSR count). The molecule has 18 heavy (non-hydrogen) atoms. The molecule has 0 bridgehead atoms. The van der Waals surface area contributed by atoms with Crippen LogP contribution >= 0.6 is 0 Å². The maximum absolute atomic E-state index is 12.4. The lowest BCUT2D eigenvalue weighted by Crippen LogP contribution is -2.66. The van der Waals surface area contributed by atoms with Crippen molar-refractivity contribution in [2.75, 3.05) is 0 Å². The molecule has 1 aliphatic carbocycles. The fourth-order valence-corrected chi connectivity index (χ4v) is 3.24. The summed E-state index contributed by atoms with van der Waals surface area (Å²) in [5, 5.41) is 2.80. The number of piperazine rings is 1. The highest BCUT2D eigenvalue weighted by Gasteiger charge is 2.43. The Morgan fingerprint density at radius 3 is 2.33 bits per heavy atom. The molecular formula is C14H24N2O2. The number of nitrogens with one attached hydrogen (secondary N) is 1. The van der Waals surface area contributed by atoms with Crippen LogP contribution < -0.4 is 5.32 Å². The molecule has 4 heteroatoms. The summed E-state index contributed by atoms with van der Waals surface area (Å²) < 4.78 is 0. The van der Waals surface area contributed by atoms with Crippen molar-refractivity contribution >= 4 is 11.8 Å². The summed E-state index contributed by atoms with van der Waals surface area (Å²) >= 11 is 0. The molecule has 0 aromatic carbocycles. The average molecular weight is 252 g/mol. The lowest BCUT2D eigenvalue weighted by molar-refractivity contribution is -0.154. The number of hydrogen-bond donors (Lipinski definition) is 1. The molecule has 1 saturated heterocycles. The van der Waals surface area contributed by atoms with Crippen molar-refractivity contribution in [2.24, 2.45) is 5.92 Å². The second-order valence-electron chi connectivity index (χ2n) is 5.96. The van der Waals surface area contributed by atoms with Crippen LogP contribution in [0.3, 0.4) is 0 Å². The van der Waals surface area contributed by atoms with Crippen molar-refractivity contribution in [1.29, 1.82) is 0 Å². The molecule has 1 saturated carbocycles. The lowest BCUT2D eigenvalue weighted by atomic mass is 9.88. The van der Waals surface area contributed by atoms with Crippen molar-refractivity contribution < 1.29 is 9.59 Å². The minimum Gasteiger partial charge on any atom is -0.343 e. The molecule has 2 fully saturated rings. The third-order valence-corrected chi connectivity index (χ3v) is 4.15. The Morgan fingerprint density at radius 1 is 1.17 bits per heavy atom. The number of amides is 2. The Morgan fingerprint density at radius 2 is 1.78 bits per heavy atom. The molecule has 0 aromatic heterocycles. The molecule has 102 valence electrons. The number of nitrogens with zero attached hydrogens (tertiary/aromatic N) is 1. The van der Waals surface area contributed by atoms with Crippen LogP contribution in [0.15, 0.2) is 0 Å². The second kappa shape index (κ2) is 5.29. The van der Waals surface area contributed by atoms with Crippen LogP contribution in [0.4, 0.5) is 0 Å².